The summed E-state index contributed by atoms with van der Waals surface area (Å²) in [5.74, 6) is 0.732. The monoisotopic (exact) mass is 411 g/mol. The molecule has 0 aliphatic carbocycles. The molecule has 0 amide bonds. The lowest BCUT2D eigenvalue weighted by atomic mass is 9.98. The number of tetrazole rings is 1. The third kappa shape index (κ3) is 3.77. The van der Waals surface area contributed by atoms with Gasteiger partial charge in [-0.3, -0.25) is 4.79 Å². The summed E-state index contributed by atoms with van der Waals surface area (Å²) in [6, 6.07) is 7.97. The third-order valence-electron chi connectivity index (χ3n) is 6.39. The van der Waals surface area contributed by atoms with E-state index in [1.165, 1.54) is 10.5 Å². The van der Waals surface area contributed by atoms with Gasteiger partial charge in [-0.15, -0.1) is 5.10 Å². The zero-order chi connectivity index (χ0) is 21.3. The SMILES string of the molecule is CCc1ccc2[nH]c(=O)c([C@@H](c3nnnn3C(C)(C)CC)[NH+]3CCOCC3)cc2c1. The van der Waals surface area contributed by atoms with E-state index in [0.29, 0.717) is 18.8 Å². The van der Waals surface area contributed by atoms with Gasteiger partial charge in [0.25, 0.3) is 5.56 Å². The number of pyridine rings is 1. The maximum Gasteiger partial charge on any atom is 0.258 e. The van der Waals surface area contributed by atoms with Crippen molar-refractivity contribution < 1.29 is 9.64 Å². The number of aromatic nitrogens is 5. The minimum Gasteiger partial charge on any atom is -0.370 e. The number of hydrogen-bond donors (Lipinski definition) is 2. The quantitative estimate of drug-likeness (QED) is 0.637. The Morgan fingerprint density at radius 3 is 2.70 bits per heavy atom. The third-order valence-corrected chi connectivity index (χ3v) is 6.39. The van der Waals surface area contributed by atoms with Gasteiger partial charge in [0.2, 0.25) is 5.82 Å². The normalized spacial score (nSPS) is 16.8. The Morgan fingerprint density at radius 1 is 1.23 bits per heavy atom. The molecule has 1 fully saturated rings. The summed E-state index contributed by atoms with van der Waals surface area (Å²) in [5, 5.41) is 13.8. The van der Waals surface area contributed by atoms with Crippen LogP contribution in [0.1, 0.15) is 57.1 Å². The Bertz CT molecular complexity index is 1080. The van der Waals surface area contributed by atoms with Crippen LogP contribution < -0.4 is 10.5 Å². The van der Waals surface area contributed by atoms with Gasteiger partial charge in [-0.05, 0) is 66.3 Å². The number of morpholine rings is 1. The van der Waals surface area contributed by atoms with Gasteiger partial charge in [-0.25, -0.2) is 4.68 Å². The molecule has 1 atom stereocenters. The predicted molar refractivity (Wildman–Crippen MR) is 115 cm³/mol. The van der Waals surface area contributed by atoms with Crippen LogP contribution in [0.15, 0.2) is 29.1 Å². The maximum atomic E-state index is 13.2. The number of nitrogens with one attached hydrogen (secondary N) is 2. The molecule has 0 spiro atoms. The zero-order valence-electron chi connectivity index (χ0n) is 18.2. The first-order chi connectivity index (χ1) is 14.4. The van der Waals surface area contributed by atoms with Crippen LogP contribution in [0.5, 0.6) is 0 Å². The molecule has 0 unspecified atom stereocenters. The molecule has 0 radical (unpaired) electrons. The number of aryl methyl sites for hydroxylation is 1. The molecule has 1 aliphatic heterocycles. The Morgan fingerprint density at radius 2 is 2.00 bits per heavy atom. The topological polar surface area (TPSA) is 90.1 Å². The number of hydrogen-bond acceptors (Lipinski definition) is 5. The van der Waals surface area contributed by atoms with E-state index < -0.39 is 0 Å². The maximum absolute atomic E-state index is 13.2. The summed E-state index contributed by atoms with van der Waals surface area (Å²) in [7, 11) is 0. The number of ether oxygens (including phenoxy) is 1. The molecular weight excluding hydrogens is 380 g/mol. The second-order valence-corrected chi connectivity index (χ2v) is 8.65. The Kier molecular flexibility index (Phi) is 5.71. The summed E-state index contributed by atoms with van der Waals surface area (Å²) < 4.78 is 7.48. The highest BCUT2D eigenvalue weighted by Crippen LogP contribution is 2.25. The summed E-state index contributed by atoms with van der Waals surface area (Å²) in [6.45, 7) is 11.4. The molecule has 0 saturated carbocycles. The van der Waals surface area contributed by atoms with E-state index in [4.69, 9.17) is 4.74 Å². The molecule has 2 N–H and O–H groups in total. The lowest BCUT2D eigenvalue weighted by molar-refractivity contribution is -0.934. The summed E-state index contributed by atoms with van der Waals surface area (Å²) in [4.78, 5) is 17.6. The van der Waals surface area contributed by atoms with Crippen molar-refractivity contribution in [2.45, 2.75) is 52.1 Å². The standard InChI is InChI=1S/C22H30N6O2/c1-5-15-7-8-18-16(13-15)14-17(21(29)23-18)19(27-9-11-30-12-10-27)20-24-25-26-28(20)22(3,4)6-2/h7-8,13-14,19H,5-6,9-12H2,1-4H3,(H,23,29)/p+1/t19-/m0/s1. The van der Waals surface area contributed by atoms with Crippen LogP contribution in [0.2, 0.25) is 0 Å². The van der Waals surface area contributed by atoms with Crippen molar-refractivity contribution in [1.82, 2.24) is 25.2 Å². The minimum absolute atomic E-state index is 0.0837. The molecule has 3 aromatic rings. The van der Waals surface area contributed by atoms with Crippen LogP contribution >= 0.6 is 0 Å². The van der Waals surface area contributed by atoms with Crippen molar-refractivity contribution >= 4 is 10.9 Å². The minimum atomic E-state index is -0.256. The van der Waals surface area contributed by atoms with Gasteiger partial charge < -0.3 is 14.6 Å². The van der Waals surface area contributed by atoms with Crippen molar-refractivity contribution in [3.8, 4) is 0 Å². The molecule has 1 aromatic carbocycles. The van der Waals surface area contributed by atoms with E-state index in [0.717, 1.165) is 42.7 Å². The van der Waals surface area contributed by atoms with Crippen LogP contribution in [-0.2, 0) is 16.7 Å². The van der Waals surface area contributed by atoms with Gasteiger partial charge >= 0.3 is 0 Å². The first kappa shape index (κ1) is 20.7. The second kappa shape index (κ2) is 8.28. The molecule has 3 heterocycles. The van der Waals surface area contributed by atoms with Gasteiger partial charge in [-0.2, -0.15) is 0 Å². The molecule has 1 aliphatic rings. The van der Waals surface area contributed by atoms with Gasteiger partial charge in [0, 0.05) is 5.52 Å². The summed E-state index contributed by atoms with van der Waals surface area (Å²) in [6.07, 6.45) is 1.83. The first-order valence-corrected chi connectivity index (χ1v) is 10.8. The van der Waals surface area contributed by atoms with Gasteiger partial charge in [0.05, 0.1) is 24.3 Å². The largest absolute Gasteiger partial charge is 0.370 e. The van der Waals surface area contributed by atoms with E-state index in [9.17, 15) is 4.79 Å². The average molecular weight is 412 g/mol. The zero-order valence-corrected chi connectivity index (χ0v) is 18.2. The highest BCUT2D eigenvalue weighted by Gasteiger charge is 2.37. The number of H-pyrrole nitrogens is 1. The van der Waals surface area contributed by atoms with Crippen LogP contribution in [0.3, 0.4) is 0 Å². The fourth-order valence-corrected chi connectivity index (χ4v) is 4.13. The van der Waals surface area contributed by atoms with Crippen LogP contribution in [0.4, 0.5) is 0 Å². The molecule has 1 saturated heterocycles. The van der Waals surface area contributed by atoms with E-state index in [1.54, 1.807) is 0 Å². The molecule has 4 rings (SSSR count). The molecular formula is C22H31N6O2+. The molecule has 8 nitrogen and oxygen atoms in total. The highest BCUT2D eigenvalue weighted by molar-refractivity contribution is 5.79. The van der Waals surface area contributed by atoms with Crippen LogP contribution in [-0.4, -0.2) is 51.5 Å². The van der Waals surface area contributed by atoms with Gasteiger partial charge in [-0.1, -0.05) is 19.9 Å². The van der Waals surface area contributed by atoms with Crippen molar-refractivity contribution in [1.29, 1.82) is 0 Å². The lowest BCUT2D eigenvalue weighted by Gasteiger charge is -2.32. The average Bonchev–Trinajstić information content (AvgIpc) is 3.25. The Hall–Kier alpha value is -2.58. The van der Waals surface area contributed by atoms with Crippen LogP contribution in [0.25, 0.3) is 10.9 Å². The van der Waals surface area contributed by atoms with E-state index in [-0.39, 0.29) is 17.1 Å². The smallest absolute Gasteiger partial charge is 0.258 e. The fraction of sp³-hybridized carbons (Fsp3) is 0.545. The van der Waals surface area contributed by atoms with E-state index >= 15 is 0 Å². The van der Waals surface area contributed by atoms with Crippen molar-refractivity contribution in [3.05, 3.63) is 51.6 Å². The second-order valence-electron chi connectivity index (χ2n) is 8.65. The van der Waals surface area contributed by atoms with Crippen molar-refractivity contribution in [3.63, 3.8) is 0 Å². The number of aromatic amines is 1. The molecule has 0 bridgehead atoms. The number of quaternary nitrogens is 1. The molecule has 30 heavy (non-hydrogen) atoms. The first-order valence-electron chi connectivity index (χ1n) is 10.8. The van der Waals surface area contributed by atoms with Crippen molar-refractivity contribution in [2.24, 2.45) is 0 Å². The number of rotatable bonds is 6. The summed E-state index contributed by atoms with van der Waals surface area (Å²) >= 11 is 0. The van der Waals surface area contributed by atoms with Crippen LogP contribution in [0, 0.1) is 0 Å². The number of nitrogens with zero attached hydrogens (tertiary/aromatic N) is 4. The number of fused-ring (bicyclic) bond motifs is 1. The molecule has 8 heteroatoms. The molecule has 160 valence electrons. The highest BCUT2D eigenvalue weighted by atomic mass is 16.5. The number of benzene rings is 1. The van der Waals surface area contributed by atoms with Gasteiger partial charge in [0.15, 0.2) is 6.04 Å². The Balaban J connectivity index is 1.90. The van der Waals surface area contributed by atoms with E-state index in [1.807, 2.05) is 16.8 Å². The predicted octanol–water partition coefficient (Wildman–Crippen LogP) is 1.23. The van der Waals surface area contributed by atoms with Gasteiger partial charge in [0.1, 0.15) is 13.1 Å². The van der Waals surface area contributed by atoms with E-state index in [2.05, 4.69) is 60.3 Å². The fourth-order valence-electron chi connectivity index (χ4n) is 4.13. The van der Waals surface area contributed by atoms with Crippen molar-refractivity contribution in [2.75, 3.05) is 26.3 Å². The lowest BCUT2D eigenvalue weighted by Crippen LogP contribution is -3.14. The Labute approximate surface area is 176 Å². The molecule has 2 aromatic heterocycles. The summed E-state index contributed by atoms with van der Waals surface area (Å²) in [5.41, 5.74) is 2.47.